The zero-order chi connectivity index (χ0) is 22.5. The van der Waals surface area contributed by atoms with Crippen LogP contribution >= 0.6 is 0 Å². The number of pyridine rings is 2. The first kappa shape index (κ1) is 22.0. The topological polar surface area (TPSA) is 56.6 Å². The molecule has 168 valence electrons. The van der Waals surface area contributed by atoms with Crippen LogP contribution in [0.4, 0.5) is 4.39 Å². The smallest absolute Gasteiger partial charge is 0.258 e. The Labute approximate surface area is 187 Å². The maximum absolute atomic E-state index is 12.9. The van der Waals surface area contributed by atoms with Gasteiger partial charge in [-0.25, -0.2) is 4.39 Å². The van der Waals surface area contributed by atoms with E-state index in [0.29, 0.717) is 30.1 Å². The molecular formula is C25H28FN3O3. The maximum atomic E-state index is 12.9. The van der Waals surface area contributed by atoms with Gasteiger partial charge in [-0.1, -0.05) is 0 Å². The average molecular weight is 438 g/mol. The van der Waals surface area contributed by atoms with E-state index in [2.05, 4.69) is 23.7 Å². The Balaban J connectivity index is 1.33. The van der Waals surface area contributed by atoms with E-state index in [1.165, 1.54) is 25.0 Å². The molecule has 7 heteroatoms. The first-order valence-electron chi connectivity index (χ1n) is 10.9. The van der Waals surface area contributed by atoms with Crippen molar-refractivity contribution in [1.82, 2.24) is 14.5 Å². The minimum absolute atomic E-state index is 0.157. The second kappa shape index (κ2) is 9.96. The Hall–Kier alpha value is -3.19. The molecule has 6 nitrogen and oxygen atoms in total. The van der Waals surface area contributed by atoms with E-state index in [0.717, 1.165) is 24.2 Å². The highest BCUT2D eigenvalue weighted by atomic mass is 19.1. The van der Waals surface area contributed by atoms with Gasteiger partial charge in [0.15, 0.2) is 0 Å². The number of rotatable bonds is 8. The molecule has 1 aromatic carbocycles. The van der Waals surface area contributed by atoms with E-state index in [4.69, 9.17) is 9.47 Å². The second-order valence-corrected chi connectivity index (χ2v) is 8.18. The molecule has 0 aliphatic carbocycles. The van der Waals surface area contributed by atoms with Crippen molar-refractivity contribution >= 4 is 0 Å². The maximum Gasteiger partial charge on any atom is 0.258 e. The van der Waals surface area contributed by atoms with E-state index in [-0.39, 0.29) is 12.2 Å². The molecule has 32 heavy (non-hydrogen) atoms. The molecule has 1 fully saturated rings. The molecule has 2 aromatic heterocycles. The van der Waals surface area contributed by atoms with Gasteiger partial charge in [0.1, 0.15) is 30.5 Å². The number of hydrogen-bond donors (Lipinski definition) is 0. The SMILES string of the molecule is C[C@@H]1CC[C@@H](C)N1CCOc1ccc(-n2ccc(OCc3ccc(F)cn3)cc2=O)cc1. The molecule has 0 bridgehead atoms. The van der Waals surface area contributed by atoms with Crippen molar-refractivity contribution in [2.75, 3.05) is 13.2 Å². The first-order chi connectivity index (χ1) is 15.5. The van der Waals surface area contributed by atoms with Crippen molar-refractivity contribution < 1.29 is 13.9 Å². The molecule has 0 radical (unpaired) electrons. The van der Waals surface area contributed by atoms with Crippen LogP contribution in [0.25, 0.3) is 5.69 Å². The van der Waals surface area contributed by atoms with Crippen molar-refractivity contribution in [2.45, 2.75) is 45.4 Å². The predicted octanol–water partition coefficient (Wildman–Crippen LogP) is 4.20. The summed E-state index contributed by atoms with van der Waals surface area (Å²) in [5.74, 6) is 0.819. The van der Waals surface area contributed by atoms with Crippen LogP contribution in [0, 0.1) is 5.82 Å². The van der Waals surface area contributed by atoms with Crippen molar-refractivity contribution in [3.63, 3.8) is 0 Å². The molecule has 4 rings (SSSR count). The standard InChI is InChI=1S/C25H28FN3O3/c1-18-3-4-19(2)28(18)13-14-31-23-9-7-22(8-10-23)29-12-11-24(15-25(29)30)32-17-21-6-5-20(26)16-27-21/h5-12,15-16,18-19H,3-4,13-14,17H2,1-2H3/t18-,19-/m1/s1. The molecule has 0 saturated carbocycles. The van der Waals surface area contributed by atoms with Crippen LogP contribution in [0.5, 0.6) is 11.5 Å². The van der Waals surface area contributed by atoms with E-state index in [9.17, 15) is 9.18 Å². The van der Waals surface area contributed by atoms with Crippen molar-refractivity contribution in [3.8, 4) is 17.2 Å². The van der Waals surface area contributed by atoms with Crippen LogP contribution in [0.3, 0.4) is 0 Å². The highest BCUT2D eigenvalue weighted by molar-refractivity contribution is 5.38. The summed E-state index contributed by atoms with van der Waals surface area (Å²) >= 11 is 0. The summed E-state index contributed by atoms with van der Waals surface area (Å²) in [5, 5.41) is 0. The number of halogens is 1. The van der Waals surface area contributed by atoms with Crippen LogP contribution in [0.2, 0.25) is 0 Å². The number of nitrogens with zero attached hydrogens (tertiary/aromatic N) is 3. The number of aromatic nitrogens is 2. The predicted molar refractivity (Wildman–Crippen MR) is 121 cm³/mol. The molecule has 1 saturated heterocycles. The summed E-state index contributed by atoms with van der Waals surface area (Å²) in [7, 11) is 0. The third-order valence-corrected chi connectivity index (χ3v) is 5.93. The first-order valence-corrected chi connectivity index (χ1v) is 10.9. The summed E-state index contributed by atoms with van der Waals surface area (Å²) in [6.45, 7) is 6.25. The molecule has 1 aliphatic heterocycles. The number of ether oxygens (including phenoxy) is 2. The summed E-state index contributed by atoms with van der Waals surface area (Å²) in [4.78, 5) is 19.0. The molecule has 0 amide bonds. The highest BCUT2D eigenvalue weighted by Gasteiger charge is 2.26. The van der Waals surface area contributed by atoms with E-state index < -0.39 is 5.82 Å². The van der Waals surface area contributed by atoms with Crippen LogP contribution in [-0.2, 0) is 6.61 Å². The summed E-state index contributed by atoms with van der Waals surface area (Å²) in [5.41, 5.74) is 1.12. The van der Waals surface area contributed by atoms with Crippen molar-refractivity contribution in [3.05, 3.63) is 82.8 Å². The molecule has 3 aromatic rings. The lowest BCUT2D eigenvalue weighted by Gasteiger charge is -2.25. The Morgan fingerprint density at radius 1 is 1.00 bits per heavy atom. The summed E-state index contributed by atoms with van der Waals surface area (Å²) in [6, 6.07) is 14.7. The Morgan fingerprint density at radius 3 is 2.41 bits per heavy atom. The summed E-state index contributed by atoms with van der Waals surface area (Å²) < 4.78 is 26.0. The van der Waals surface area contributed by atoms with E-state index in [1.54, 1.807) is 22.9 Å². The molecule has 2 atom stereocenters. The second-order valence-electron chi connectivity index (χ2n) is 8.18. The van der Waals surface area contributed by atoms with E-state index in [1.807, 2.05) is 24.3 Å². The quantitative estimate of drug-likeness (QED) is 0.529. The summed E-state index contributed by atoms with van der Waals surface area (Å²) in [6.07, 6.45) is 5.30. The van der Waals surface area contributed by atoms with Gasteiger partial charge in [-0.15, -0.1) is 0 Å². The monoisotopic (exact) mass is 437 g/mol. The fourth-order valence-electron chi connectivity index (χ4n) is 4.07. The van der Waals surface area contributed by atoms with Gasteiger partial charge in [-0.3, -0.25) is 19.2 Å². The van der Waals surface area contributed by atoms with Crippen LogP contribution in [0.1, 0.15) is 32.4 Å². The molecule has 1 aliphatic rings. The lowest BCUT2D eigenvalue weighted by Crippen LogP contribution is -2.36. The fourth-order valence-corrected chi connectivity index (χ4v) is 4.07. The Kier molecular flexibility index (Phi) is 6.85. The number of likely N-dealkylation sites (tertiary alicyclic amines) is 1. The zero-order valence-corrected chi connectivity index (χ0v) is 18.4. The minimum Gasteiger partial charge on any atom is -0.492 e. The van der Waals surface area contributed by atoms with Crippen molar-refractivity contribution in [2.24, 2.45) is 0 Å². The lowest BCUT2D eigenvalue weighted by atomic mass is 10.2. The van der Waals surface area contributed by atoms with Gasteiger partial charge in [0.2, 0.25) is 0 Å². The van der Waals surface area contributed by atoms with Gasteiger partial charge in [0.25, 0.3) is 5.56 Å². The number of hydrogen-bond acceptors (Lipinski definition) is 5. The molecule has 0 unspecified atom stereocenters. The van der Waals surface area contributed by atoms with Crippen LogP contribution < -0.4 is 15.0 Å². The average Bonchev–Trinajstić information content (AvgIpc) is 3.11. The largest absolute Gasteiger partial charge is 0.492 e. The van der Waals surface area contributed by atoms with Gasteiger partial charge >= 0.3 is 0 Å². The molecule has 0 N–H and O–H groups in total. The van der Waals surface area contributed by atoms with Gasteiger partial charge in [-0.05, 0) is 69.2 Å². The third kappa shape index (κ3) is 5.34. The highest BCUT2D eigenvalue weighted by Crippen LogP contribution is 2.23. The molecular weight excluding hydrogens is 409 g/mol. The normalized spacial score (nSPS) is 18.6. The van der Waals surface area contributed by atoms with E-state index >= 15 is 0 Å². The van der Waals surface area contributed by atoms with Crippen LogP contribution in [-0.4, -0.2) is 39.7 Å². The number of benzene rings is 1. The minimum atomic E-state index is -0.399. The van der Waals surface area contributed by atoms with Gasteiger partial charge < -0.3 is 9.47 Å². The Bertz CT molecular complexity index is 1070. The third-order valence-electron chi connectivity index (χ3n) is 5.93. The lowest BCUT2D eigenvalue weighted by molar-refractivity contribution is 0.170. The fraction of sp³-hybridized carbons (Fsp3) is 0.360. The molecule has 0 spiro atoms. The van der Waals surface area contributed by atoms with Gasteiger partial charge in [-0.2, -0.15) is 0 Å². The Morgan fingerprint density at radius 2 is 1.75 bits per heavy atom. The van der Waals surface area contributed by atoms with Gasteiger partial charge in [0.05, 0.1) is 11.9 Å². The van der Waals surface area contributed by atoms with Gasteiger partial charge in [0, 0.05) is 36.6 Å². The van der Waals surface area contributed by atoms with Crippen LogP contribution in [0.15, 0.2) is 65.7 Å². The van der Waals surface area contributed by atoms with Crippen molar-refractivity contribution in [1.29, 1.82) is 0 Å². The molecule has 3 heterocycles. The zero-order valence-electron chi connectivity index (χ0n) is 18.4.